The SMILES string of the molecule is Nc1ncnc2c1ncn2[C@@H]1O[C@H](COP(=O)(O)OP(=O)(O)OP(=O)(O)O)[C@H](O)C1F. The van der Waals surface area contributed by atoms with Crippen LogP contribution in [-0.2, 0) is 31.6 Å². The third-order valence-corrected chi connectivity index (χ3v) is 7.58. The van der Waals surface area contributed by atoms with Crippen molar-refractivity contribution in [3.05, 3.63) is 12.7 Å². The van der Waals surface area contributed by atoms with E-state index in [2.05, 4.69) is 28.1 Å². The molecule has 1 aliphatic rings. The molecule has 2 aromatic heterocycles. The van der Waals surface area contributed by atoms with Gasteiger partial charge in [0.25, 0.3) is 0 Å². The lowest BCUT2D eigenvalue weighted by Crippen LogP contribution is -2.31. The maximum Gasteiger partial charge on any atom is 0.490 e. The van der Waals surface area contributed by atoms with Crippen molar-refractivity contribution in [1.82, 2.24) is 19.5 Å². The Morgan fingerprint density at radius 1 is 1.13 bits per heavy atom. The zero-order valence-electron chi connectivity index (χ0n) is 14.9. The number of ether oxygens (including phenoxy) is 1. The number of alkyl halides is 1. The van der Waals surface area contributed by atoms with Crippen LogP contribution in [0.5, 0.6) is 0 Å². The lowest BCUT2D eigenvalue weighted by atomic mass is 10.1. The first kappa shape index (κ1) is 24.3. The number of rotatable bonds is 8. The third kappa shape index (κ3) is 5.70. The second kappa shape index (κ2) is 8.51. The van der Waals surface area contributed by atoms with Crippen molar-refractivity contribution in [3.63, 3.8) is 0 Å². The number of aromatic nitrogens is 4. The number of nitrogens with zero attached hydrogens (tertiary/aromatic N) is 4. The van der Waals surface area contributed by atoms with Gasteiger partial charge < -0.3 is 35.2 Å². The highest BCUT2D eigenvalue weighted by molar-refractivity contribution is 7.66. The lowest BCUT2D eigenvalue weighted by Gasteiger charge is -2.19. The first-order valence-corrected chi connectivity index (χ1v) is 12.4. The van der Waals surface area contributed by atoms with Crippen LogP contribution in [0.25, 0.3) is 11.2 Å². The monoisotopic (exact) mass is 509 g/mol. The molecular formula is C10H15FN5O12P3. The van der Waals surface area contributed by atoms with Crippen molar-refractivity contribution in [3.8, 4) is 0 Å². The Kier molecular flexibility index (Phi) is 6.66. The number of hydrogen-bond donors (Lipinski definition) is 6. The maximum absolute atomic E-state index is 14.6. The summed E-state index contributed by atoms with van der Waals surface area (Å²) in [6.45, 7) is -1.04. The summed E-state index contributed by atoms with van der Waals surface area (Å²) >= 11 is 0. The molecule has 174 valence electrons. The van der Waals surface area contributed by atoms with Gasteiger partial charge in [-0.05, 0) is 0 Å². The van der Waals surface area contributed by atoms with Crippen LogP contribution in [0.3, 0.4) is 0 Å². The lowest BCUT2D eigenvalue weighted by molar-refractivity contribution is -0.0450. The fraction of sp³-hybridized carbons (Fsp3) is 0.500. The van der Waals surface area contributed by atoms with Crippen molar-refractivity contribution >= 4 is 40.4 Å². The fourth-order valence-corrected chi connectivity index (χ4v) is 5.62. The fourth-order valence-electron chi connectivity index (χ4n) is 2.59. The predicted octanol–water partition coefficient (Wildman–Crippen LogP) is -0.652. The summed E-state index contributed by atoms with van der Waals surface area (Å²) in [5, 5.41) is 10.0. The number of hydrogen-bond acceptors (Lipinski definition) is 12. The number of halogens is 1. The first-order valence-electron chi connectivity index (χ1n) is 7.88. The van der Waals surface area contributed by atoms with Crippen LogP contribution in [-0.4, -0.2) is 69.2 Å². The number of imidazole rings is 1. The number of fused-ring (bicyclic) bond motifs is 1. The maximum atomic E-state index is 14.6. The second-order valence-electron chi connectivity index (χ2n) is 5.97. The quantitative estimate of drug-likeness (QED) is 0.241. The molecule has 21 heteroatoms. The summed E-state index contributed by atoms with van der Waals surface area (Å²) in [4.78, 5) is 47.0. The topological polar surface area (TPSA) is 259 Å². The molecule has 3 rings (SSSR count). The minimum absolute atomic E-state index is 0.00177. The van der Waals surface area contributed by atoms with Gasteiger partial charge in [-0.2, -0.15) is 8.62 Å². The van der Waals surface area contributed by atoms with Gasteiger partial charge >= 0.3 is 23.5 Å². The standard InChI is InChI=1S/C10H15FN5O12P3/c11-5-7(17)4(1-25-30(21,22)28-31(23,24)27-29(18,19)20)26-10(5)16-3-15-6-8(12)13-2-14-9(6)16/h2-5,7,10,17H,1H2,(H,21,22)(H,23,24)(H2,12,13,14)(H2,18,19,20)/t4-,5?,7+,10-/m1/s1. The number of nitrogen functional groups attached to an aromatic ring is 1. The Balaban J connectivity index is 1.69. The van der Waals surface area contributed by atoms with Gasteiger partial charge in [0, 0.05) is 0 Å². The smallest absolute Gasteiger partial charge is 0.387 e. The van der Waals surface area contributed by atoms with Gasteiger partial charge in [0.05, 0.1) is 12.9 Å². The summed E-state index contributed by atoms with van der Waals surface area (Å²) in [6.07, 6.45) is -4.88. The first-order chi connectivity index (χ1) is 14.2. The molecule has 31 heavy (non-hydrogen) atoms. The van der Waals surface area contributed by atoms with Crippen LogP contribution in [0.15, 0.2) is 12.7 Å². The minimum atomic E-state index is -5.73. The summed E-state index contributed by atoms with van der Waals surface area (Å²) in [5.41, 5.74) is 5.84. The van der Waals surface area contributed by atoms with E-state index in [1.807, 2.05) is 0 Å². The minimum Gasteiger partial charge on any atom is -0.387 e. The van der Waals surface area contributed by atoms with Crippen LogP contribution in [0.1, 0.15) is 6.23 Å². The van der Waals surface area contributed by atoms with E-state index in [0.717, 1.165) is 17.2 Å². The number of aliphatic hydroxyl groups is 1. The third-order valence-electron chi connectivity index (χ3n) is 3.77. The molecule has 7 N–H and O–H groups in total. The Hall–Kier alpha value is -1.39. The van der Waals surface area contributed by atoms with E-state index < -0.39 is 54.7 Å². The number of anilines is 1. The molecule has 1 saturated heterocycles. The van der Waals surface area contributed by atoms with Crippen molar-refractivity contribution < 1.29 is 60.6 Å². The van der Waals surface area contributed by atoms with E-state index in [1.54, 1.807) is 0 Å². The number of aliphatic hydroxyl groups excluding tert-OH is 1. The highest BCUT2D eigenvalue weighted by atomic mass is 31.3. The van der Waals surface area contributed by atoms with Gasteiger partial charge in [0.15, 0.2) is 23.9 Å². The molecule has 0 aliphatic carbocycles. The highest BCUT2D eigenvalue weighted by Crippen LogP contribution is 2.66. The molecule has 0 aromatic carbocycles. The molecule has 1 fully saturated rings. The normalized spacial score (nSPS) is 28.5. The molecule has 0 spiro atoms. The number of phosphoric ester groups is 1. The Morgan fingerprint density at radius 3 is 2.45 bits per heavy atom. The second-order valence-corrected chi connectivity index (χ2v) is 10.4. The van der Waals surface area contributed by atoms with Gasteiger partial charge in [-0.1, -0.05) is 0 Å². The molecular weight excluding hydrogens is 494 g/mol. The summed E-state index contributed by atoms with van der Waals surface area (Å²) < 4.78 is 66.1. The van der Waals surface area contributed by atoms with E-state index in [1.165, 1.54) is 0 Å². The summed E-state index contributed by atoms with van der Waals surface area (Å²) in [7, 11) is -16.8. The molecule has 0 amide bonds. The van der Waals surface area contributed by atoms with E-state index in [9.17, 15) is 28.1 Å². The van der Waals surface area contributed by atoms with Crippen LogP contribution in [0.2, 0.25) is 0 Å². The van der Waals surface area contributed by atoms with Crippen molar-refractivity contribution in [2.45, 2.75) is 24.6 Å². The molecule has 3 unspecified atom stereocenters. The number of nitrogens with two attached hydrogens (primary N) is 1. The average Bonchev–Trinajstić information content (AvgIpc) is 3.13. The Labute approximate surface area is 171 Å². The van der Waals surface area contributed by atoms with Gasteiger partial charge in [0.2, 0.25) is 0 Å². The predicted molar refractivity (Wildman–Crippen MR) is 94.4 cm³/mol. The molecule has 2 aromatic rings. The van der Waals surface area contributed by atoms with Crippen LogP contribution < -0.4 is 5.73 Å². The zero-order chi connectivity index (χ0) is 23.2. The summed E-state index contributed by atoms with van der Waals surface area (Å²) in [6, 6.07) is 0. The van der Waals surface area contributed by atoms with Crippen molar-refractivity contribution in [2.75, 3.05) is 12.3 Å². The van der Waals surface area contributed by atoms with Gasteiger partial charge in [-0.3, -0.25) is 9.09 Å². The molecule has 0 saturated carbocycles. The Morgan fingerprint density at radius 2 is 1.81 bits per heavy atom. The average molecular weight is 509 g/mol. The molecule has 1 aliphatic heterocycles. The van der Waals surface area contributed by atoms with E-state index >= 15 is 0 Å². The molecule has 0 bridgehead atoms. The molecule has 6 atom stereocenters. The molecule has 3 heterocycles. The van der Waals surface area contributed by atoms with Crippen molar-refractivity contribution in [2.24, 2.45) is 0 Å². The van der Waals surface area contributed by atoms with Crippen LogP contribution >= 0.6 is 23.5 Å². The van der Waals surface area contributed by atoms with Gasteiger partial charge in [0.1, 0.15) is 24.1 Å². The van der Waals surface area contributed by atoms with E-state index in [0.29, 0.717) is 0 Å². The largest absolute Gasteiger partial charge is 0.490 e. The molecule has 0 radical (unpaired) electrons. The highest BCUT2D eigenvalue weighted by Gasteiger charge is 2.48. The van der Waals surface area contributed by atoms with Crippen molar-refractivity contribution in [1.29, 1.82) is 0 Å². The summed E-state index contributed by atoms with van der Waals surface area (Å²) in [5.74, 6) is 0.00177. The van der Waals surface area contributed by atoms with Gasteiger partial charge in [-0.15, -0.1) is 0 Å². The van der Waals surface area contributed by atoms with Gasteiger partial charge in [-0.25, -0.2) is 33.0 Å². The van der Waals surface area contributed by atoms with Crippen LogP contribution in [0.4, 0.5) is 10.2 Å². The molecule has 17 nitrogen and oxygen atoms in total. The zero-order valence-corrected chi connectivity index (χ0v) is 17.5. The van der Waals surface area contributed by atoms with E-state index in [-0.39, 0.29) is 17.0 Å². The van der Waals surface area contributed by atoms with E-state index in [4.69, 9.17) is 25.2 Å². The Bertz CT molecular complexity index is 1110. The number of phosphoric acid groups is 3. The van der Waals surface area contributed by atoms with Crippen LogP contribution in [0, 0.1) is 0 Å².